The number of carbonyl (C=O) groups excluding carboxylic acids is 2. The van der Waals surface area contributed by atoms with E-state index in [0.29, 0.717) is 0 Å². The zero-order valence-electron chi connectivity index (χ0n) is 14.7. The summed E-state index contributed by atoms with van der Waals surface area (Å²) in [5, 5.41) is 5.62. The standard InChI is InChI=1S/C20H21N3O3/c1-14(2)23-18-11-7-6-10-16(18)21-12-17(19(23)24)22-20(25)26-13-15-8-4-3-5-9-15/h3-12,14,21H,13H2,1-2H3,(H,22,25). The molecule has 2 N–H and O–H groups in total. The van der Waals surface area contributed by atoms with Crippen molar-refractivity contribution in [2.75, 3.05) is 10.2 Å². The van der Waals surface area contributed by atoms with Crippen molar-refractivity contribution in [1.82, 2.24) is 5.32 Å². The number of nitrogens with one attached hydrogen (secondary N) is 2. The minimum atomic E-state index is -0.676. The van der Waals surface area contributed by atoms with Gasteiger partial charge in [-0.25, -0.2) is 4.79 Å². The van der Waals surface area contributed by atoms with E-state index in [1.807, 2.05) is 68.4 Å². The summed E-state index contributed by atoms with van der Waals surface area (Å²) in [7, 11) is 0. The Morgan fingerprint density at radius 2 is 1.81 bits per heavy atom. The number of para-hydroxylation sites is 2. The predicted octanol–water partition coefficient (Wildman–Crippen LogP) is 3.62. The lowest BCUT2D eigenvalue weighted by atomic mass is 10.2. The highest BCUT2D eigenvalue weighted by Gasteiger charge is 2.28. The van der Waals surface area contributed by atoms with Crippen LogP contribution in [0.4, 0.5) is 16.2 Å². The van der Waals surface area contributed by atoms with E-state index in [1.165, 1.54) is 6.20 Å². The van der Waals surface area contributed by atoms with E-state index in [-0.39, 0.29) is 24.3 Å². The first-order valence-electron chi connectivity index (χ1n) is 8.43. The second-order valence-corrected chi connectivity index (χ2v) is 6.18. The van der Waals surface area contributed by atoms with Crippen molar-refractivity contribution >= 4 is 23.4 Å². The summed E-state index contributed by atoms with van der Waals surface area (Å²) in [6.07, 6.45) is 0.817. The first-order chi connectivity index (χ1) is 12.6. The molecule has 1 heterocycles. The highest BCUT2D eigenvalue weighted by Crippen LogP contribution is 2.30. The van der Waals surface area contributed by atoms with E-state index in [1.54, 1.807) is 4.90 Å². The fourth-order valence-corrected chi connectivity index (χ4v) is 2.73. The lowest BCUT2D eigenvalue weighted by Gasteiger charge is -2.27. The van der Waals surface area contributed by atoms with Crippen molar-refractivity contribution in [3.05, 3.63) is 72.1 Å². The number of rotatable bonds is 4. The highest BCUT2D eigenvalue weighted by molar-refractivity contribution is 6.10. The smallest absolute Gasteiger partial charge is 0.412 e. The van der Waals surface area contributed by atoms with E-state index in [0.717, 1.165) is 16.9 Å². The summed E-state index contributed by atoms with van der Waals surface area (Å²) in [6, 6.07) is 16.8. The number of fused-ring (bicyclic) bond motifs is 1. The van der Waals surface area contributed by atoms with E-state index in [4.69, 9.17) is 4.74 Å². The Morgan fingerprint density at radius 3 is 2.54 bits per heavy atom. The molecule has 1 aliphatic rings. The molecule has 2 aromatic rings. The summed E-state index contributed by atoms with van der Waals surface area (Å²) in [4.78, 5) is 26.7. The Balaban J connectivity index is 1.73. The van der Waals surface area contributed by atoms with Gasteiger partial charge in [0.2, 0.25) is 0 Å². The molecule has 26 heavy (non-hydrogen) atoms. The Hall–Kier alpha value is -3.28. The Morgan fingerprint density at radius 1 is 1.12 bits per heavy atom. The molecule has 0 unspecified atom stereocenters. The molecule has 0 aliphatic carbocycles. The van der Waals surface area contributed by atoms with Crippen LogP contribution in [-0.4, -0.2) is 18.0 Å². The Bertz CT molecular complexity index is 831. The van der Waals surface area contributed by atoms with Crippen LogP contribution in [0, 0.1) is 0 Å². The molecule has 6 nitrogen and oxygen atoms in total. The molecule has 0 saturated heterocycles. The van der Waals surface area contributed by atoms with Crippen LogP contribution in [0.25, 0.3) is 0 Å². The number of anilines is 2. The molecule has 2 aromatic carbocycles. The molecule has 134 valence electrons. The van der Waals surface area contributed by atoms with Gasteiger partial charge in [-0.2, -0.15) is 0 Å². The highest BCUT2D eigenvalue weighted by atomic mass is 16.5. The van der Waals surface area contributed by atoms with Crippen LogP contribution in [0.1, 0.15) is 19.4 Å². The van der Waals surface area contributed by atoms with Crippen LogP contribution in [0.3, 0.4) is 0 Å². The predicted molar refractivity (Wildman–Crippen MR) is 101 cm³/mol. The summed E-state index contributed by atoms with van der Waals surface area (Å²) in [5.74, 6) is -0.297. The molecular formula is C20H21N3O3. The van der Waals surface area contributed by atoms with Gasteiger partial charge >= 0.3 is 6.09 Å². The molecule has 0 atom stereocenters. The summed E-state index contributed by atoms with van der Waals surface area (Å²) >= 11 is 0. The molecule has 0 bridgehead atoms. The number of benzene rings is 2. The van der Waals surface area contributed by atoms with Crippen LogP contribution in [0.2, 0.25) is 0 Å². The zero-order chi connectivity index (χ0) is 18.5. The Kier molecular flexibility index (Phi) is 5.22. The molecule has 0 spiro atoms. The minimum Gasteiger partial charge on any atom is -0.444 e. The van der Waals surface area contributed by atoms with E-state index >= 15 is 0 Å². The third kappa shape index (κ3) is 3.85. The molecule has 2 amide bonds. The van der Waals surface area contributed by atoms with Crippen molar-refractivity contribution in [1.29, 1.82) is 0 Å². The van der Waals surface area contributed by atoms with Crippen molar-refractivity contribution in [3.63, 3.8) is 0 Å². The van der Waals surface area contributed by atoms with Gasteiger partial charge in [0.25, 0.3) is 5.91 Å². The van der Waals surface area contributed by atoms with Crippen LogP contribution >= 0.6 is 0 Å². The first kappa shape index (κ1) is 17.5. The van der Waals surface area contributed by atoms with Gasteiger partial charge in [-0.3, -0.25) is 10.1 Å². The van der Waals surface area contributed by atoms with E-state index in [9.17, 15) is 9.59 Å². The van der Waals surface area contributed by atoms with Gasteiger partial charge in [0.1, 0.15) is 12.3 Å². The molecule has 6 heteroatoms. The van der Waals surface area contributed by atoms with Crippen LogP contribution < -0.4 is 15.5 Å². The first-order valence-corrected chi connectivity index (χ1v) is 8.43. The molecule has 0 aromatic heterocycles. The number of alkyl carbamates (subject to hydrolysis) is 1. The maximum atomic E-state index is 12.9. The number of hydrogen-bond acceptors (Lipinski definition) is 4. The zero-order valence-corrected chi connectivity index (χ0v) is 14.7. The summed E-state index contributed by atoms with van der Waals surface area (Å²) < 4.78 is 5.20. The fourth-order valence-electron chi connectivity index (χ4n) is 2.73. The number of hydrogen-bond donors (Lipinski definition) is 2. The molecule has 0 radical (unpaired) electrons. The van der Waals surface area contributed by atoms with Gasteiger partial charge < -0.3 is 15.0 Å². The number of ether oxygens (including phenoxy) is 1. The summed E-state index contributed by atoms with van der Waals surface area (Å²) in [5.41, 5.74) is 2.56. The largest absolute Gasteiger partial charge is 0.444 e. The lowest BCUT2D eigenvalue weighted by molar-refractivity contribution is -0.115. The van der Waals surface area contributed by atoms with E-state index < -0.39 is 6.09 Å². The maximum Gasteiger partial charge on any atom is 0.412 e. The molecule has 0 fully saturated rings. The normalized spacial score (nSPS) is 13.4. The van der Waals surface area contributed by atoms with Crippen LogP contribution in [-0.2, 0) is 16.1 Å². The van der Waals surface area contributed by atoms with Gasteiger partial charge in [0.05, 0.1) is 11.4 Å². The molecule has 3 rings (SSSR count). The van der Waals surface area contributed by atoms with Crippen molar-refractivity contribution in [2.24, 2.45) is 0 Å². The fraction of sp³-hybridized carbons (Fsp3) is 0.200. The number of nitrogens with zero attached hydrogens (tertiary/aromatic N) is 1. The number of carbonyl (C=O) groups is 2. The second kappa shape index (κ2) is 7.74. The Labute approximate surface area is 152 Å². The molecular weight excluding hydrogens is 330 g/mol. The second-order valence-electron chi connectivity index (χ2n) is 6.18. The van der Waals surface area contributed by atoms with Gasteiger partial charge in [0.15, 0.2) is 0 Å². The summed E-state index contributed by atoms with van der Waals surface area (Å²) in [6.45, 7) is 3.98. The lowest BCUT2D eigenvalue weighted by Crippen LogP contribution is -2.42. The monoisotopic (exact) mass is 351 g/mol. The minimum absolute atomic E-state index is 0.0749. The van der Waals surface area contributed by atoms with Gasteiger partial charge in [0, 0.05) is 12.2 Å². The third-order valence-electron chi connectivity index (χ3n) is 3.95. The van der Waals surface area contributed by atoms with Gasteiger partial charge in [-0.15, -0.1) is 0 Å². The molecule has 1 aliphatic heterocycles. The quantitative estimate of drug-likeness (QED) is 0.883. The van der Waals surface area contributed by atoms with Crippen molar-refractivity contribution in [2.45, 2.75) is 26.5 Å². The maximum absolute atomic E-state index is 12.9. The SMILES string of the molecule is CC(C)N1C(=O)C(NC(=O)OCc2ccccc2)=CNc2ccccc21. The number of amides is 2. The van der Waals surface area contributed by atoms with Gasteiger partial charge in [-0.1, -0.05) is 42.5 Å². The van der Waals surface area contributed by atoms with Crippen LogP contribution in [0.15, 0.2) is 66.5 Å². The average Bonchev–Trinajstić information content (AvgIpc) is 2.78. The van der Waals surface area contributed by atoms with Gasteiger partial charge in [-0.05, 0) is 31.5 Å². The van der Waals surface area contributed by atoms with E-state index in [2.05, 4.69) is 10.6 Å². The average molecular weight is 351 g/mol. The van der Waals surface area contributed by atoms with Crippen LogP contribution in [0.5, 0.6) is 0 Å². The molecule has 0 saturated carbocycles. The topological polar surface area (TPSA) is 70.7 Å². The van der Waals surface area contributed by atoms with Crippen molar-refractivity contribution < 1.29 is 14.3 Å². The van der Waals surface area contributed by atoms with Crippen molar-refractivity contribution in [3.8, 4) is 0 Å². The third-order valence-corrected chi connectivity index (χ3v) is 3.95.